The fourth-order valence-electron chi connectivity index (χ4n) is 3.41. The Balaban J connectivity index is 1.60. The first kappa shape index (κ1) is 24.6. The standard InChI is InChI=1S/C25H18Br2N2O6/c1-14-9-16(7-8-21(14)29(31)32)24-28-20(25(30)35-24)11-15-10-19(27)23(22(12-15)33-2)34-13-17-5-3-4-6-18(17)26/h3-12H,13H2,1-2H3/b20-11-. The number of nitro groups is 1. The zero-order chi connectivity index (χ0) is 25.1. The number of cyclic esters (lactones) is 1. The number of carbonyl (C=O) groups is 1. The summed E-state index contributed by atoms with van der Waals surface area (Å²) in [4.78, 5) is 27.3. The first-order valence-corrected chi connectivity index (χ1v) is 11.9. The molecule has 0 unspecified atom stereocenters. The van der Waals surface area contributed by atoms with Crippen LogP contribution in [0.25, 0.3) is 6.08 Å². The minimum atomic E-state index is -0.625. The van der Waals surface area contributed by atoms with Crippen molar-refractivity contribution in [3.8, 4) is 11.5 Å². The topological polar surface area (TPSA) is 100 Å². The number of hydrogen-bond acceptors (Lipinski definition) is 7. The molecule has 0 saturated heterocycles. The van der Waals surface area contributed by atoms with Gasteiger partial charge in [-0.2, -0.15) is 0 Å². The Morgan fingerprint density at radius 3 is 2.57 bits per heavy atom. The zero-order valence-corrected chi connectivity index (χ0v) is 21.8. The van der Waals surface area contributed by atoms with E-state index in [2.05, 4.69) is 36.9 Å². The monoisotopic (exact) mass is 600 g/mol. The number of halogens is 2. The van der Waals surface area contributed by atoms with E-state index in [9.17, 15) is 14.9 Å². The molecule has 0 saturated carbocycles. The lowest BCUT2D eigenvalue weighted by molar-refractivity contribution is -0.385. The SMILES string of the molecule is COc1cc(/C=C2\N=C(c3ccc([N+](=O)[O-])c(C)c3)OC2=O)cc(Br)c1OCc1ccccc1Br. The van der Waals surface area contributed by atoms with E-state index in [0.29, 0.717) is 39.3 Å². The van der Waals surface area contributed by atoms with E-state index in [-0.39, 0.29) is 17.3 Å². The van der Waals surface area contributed by atoms with Crippen LogP contribution in [-0.4, -0.2) is 23.9 Å². The van der Waals surface area contributed by atoms with Crippen LogP contribution in [0.3, 0.4) is 0 Å². The summed E-state index contributed by atoms with van der Waals surface area (Å²) >= 11 is 7.03. The molecule has 0 aliphatic carbocycles. The molecule has 3 aromatic carbocycles. The number of ether oxygens (including phenoxy) is 3. The van der Waals surface area contributed by atoms with Gasteiger partial charge in [0.15, 0.2) is 17.2 Å². The fraction of sp³-hybridized carbons (Fsp3) is 0.120. The van der Waals surface area contributed by atoms with Crippen LogP contribution < -0.4 is 9.47 Å². The van der Waals surface area contributed by atoms with Gasteiger partial charge in [0, 0.05) is 27.2 Å². The van der Waals surface area contributed by atoms with Gasteiger partial charge in [0.2, 0.25) is 5.90 Å². The number of nitrogens with zero attached hydrogens (tertiary/aromatic N) is 2. The second-order valence-corrected chi connectivity index (χ2v) is 9.22. The molecule has 0 aromatic heterocycles. The van der Waals surface area contributed by atoms with Crippen molar-refractivity contribution in [3.05, 3.63) is 102 Å². The predicted octanol–water partition coefficient (Wildman–Crippen LogP) is 6.36. The average molecular weight is 602 g/mol. The third-order valence-electron chi connectivity index (χ3n) is 5.15. The predicted molar refractivity (Wildman–Crippen MR) is 138 cm³/mol. The fourth-order valence-corrected chi connectivity index (χ4v) is 4.39. The lowest BCUT2D eigenvalue weighted by Gasteiger charge is -2.14. The molecule has 1 aliphatic heterocycles. The number of benzene rings is 3. The third kappa shape index (κ3) is 5.44. The van der Waals surface area contributed by atoms with E-state index in [4.69, 9.17) is 14.2 Å². The number of esters is 1. The van der Waals surface area contributed by atoms with Crippen LogP contribution in [0, 0.1) is 17.0 Å². The Morgan fingerprint density at radius 1 is 1.11 bits per heavy atom. The number of rotatable bonds is 7. The molecule has 0 fully saturated rings. The summed E-state index contributed by atoms with van der Waals surface area (Å²) in [5.74, 6) is 0.448. The van der Waals surface area contributed by atoms with Gasteiger partial charge in [0.1, 0.15) is 6.61 Å². The molecular formula is C25H18Br2N2O6. The van der Waals surface area contributed by atoms with Crippen molar-refractivity contribution in [2.45, 2.75) is 13.5 Å². The smallest absolute Gasteiger partial charge is 0.363 e. The molecule has 35 heavy (non-hydrogen) atoms. The summed E-state index contributed by atoms with van der Waals surface area (Å²) in [5, 5.41) is 11.0. The van der Waals surface area contributed by atoms with Gasteiger partial charge in [0.05, 0.1) is 16.5 Å². The van der Waals surface area contributed by atoms with Gasteiger partial charge >= 0.3 is 5.97 Å². The summed E-state index contributed by atoms with van der Waals surface area (Å²) < 4.78 is 18.4. The van der Waals surface area contributed by atoms with Crippen molar-refractivity contribution >= 4 is 55.5 Å². The molecule has 8 nitrogen and oxygen atoms in total. The Kier molecular flexibility index (Phi) is 7.32. The lowest BCUT2D eigenvalue weighted by Crippen LogP contribution is -2.06. The molecule has 4 rings (SSSR count). The molecule has 1 heterocycles. The first-order chi connectivity index (χ1) is 16.8. The quantitative estimate of drug-likeness (QED) is 0.135. The molecule has 0 N–H and O–H groups in total. The number of carbonyl (C=O) groups excluding carboxylic acids is 1. The summed E-state index contributed by atoms with van der Waals surface area (Å²) in [5.41, 5.74) is 2.60. The van der Waals surface area contributed by atoms with Gasteiger partial charge < -0.3 is 14.2 Å². The molecule has 0 amide bonds. The summed E-state index contributed by atoms with van der Waals surface area (Å²) in [6.45, 7) is 1.94. The number of hydrogen-bond donors (Lipinski definition) is 0. The maximum atomic E-state index is 12.4. The molecule has 0 atom stereocenters. The van der Waals surface area contributed by atoms with Crippen molar-refractivity contribution in [1.29, 1.82) is 0 Å². The van der Waals surface area contributed by atoms with Crippen LogP contribution in [0.15, 0.2) is 74.2 Å². The summed E-state index contributed by atoms with van der Waals surface area (Å²) in [6.07, 6.45) is 1.57. The van der Waals surface area contributed by atoms with E-state index in [1.165, 1.54) is 19.2 Å². The van der Waals surface area contributed by atoms with E-state index >= 15 is 0 Å². The zero-order valence-electron chi connectivity index (χ0n) is 18.6. The Labute approximate surface area is 217 Å². The van der Waals surface area contributed by atoms with Crippen LogP contribution in [0.5, 0.6) is 11.5 Å². The molecule has 178 valence electrons. The van der Waals surface area contributed by atoms with E-state index < -0.39 is 10.9 Å². The van der Waals surface area contributed by atoms with Gasteiger partial charge in [-0.15, -0.1) is 0 Å². The highest BCUT2D eigenvalue weighted by molar-refractivity contribution is 9.10. The summed E-state index contributed by atoms with van der Waals surface area (Å²) in [6, 6.07) is 15.7. The molecule has 10 heteroatoms. The highest BCUT2D eigenvalue weighted by Gasteiger charge is 2.25. The normalized spacial score (nSPS) is 14.0. The Bertz CT molecular complexity index is 1400. The molecule has 0 bridgehead atoms. The van der Waals surface area contributed by atoms with E-state index in [1.807, 2.05) is 24.3 Å². The first-order valence-electron chi connectivity index (χ1n) is 10.3. The van der Waals surface area contributed by atoms with Gasteiger partial charge in [-0.05, 0) is 64.8 Å². The maximum Gasteiger partial charge on any atom is 0.363 e. The van der Waals surface area contributed by atoms with Gasteiger partial charge in [-0.25, -0.2) is 9.79 Å². The Morgan fingerprint density at radius 2 is 1.89 bits per heavy atom. The van der Waals surface area contributed by atoms with E-state index in [0.717, 1.165) is 10.0 Å². The minimum Gasteiger partial charge on any atom is -0.493 e. The van der Waals surface area contributed by atoms with Crippen LogP contribution in [0.1, 0.15) is 22.3 Å². The molecule has 1 aliphatic rings. The largest absolute Gasteiger partial charge is 0.493 e. The lowest BCUT2D eigenvalue weighted by atomic mass is 10.1. The van der Waals surface area contributed by atoms with E-state index in [1.54, 1.807) is 31.2 Å². The highest BCUT2D eigenvalue weighted by atomic mass is 79.9. The molecule has 0 spiro atoms. The molecule has 3 aromatic rings. The summed E-state index contributed by atoms with van der Waals surface area (Å²) in [7, 11) is 1.53. The molecular weight excluding hydrogens is 584 g/mol. The van der Waals surface area contributed by atoms with Crippen LogP contribution in [-0.2, 0) is 16.1 Å². The number of methoxy groups -OCH3 is 1. The van der Waals surface area contributed by atoms with Gasteiger partial charge in [-0.3, -0.25) is 10.1 Å². The number of aliphatic imine (C=N–C) groups is 1. The average Bonchev–Trinajstić information content (AvgIpc) is 3.18. The van der Waals surface area contributed by atoms with Crippen molar-refractivity contribution in [3.63, 3.8) is 0 Å². The minimum absolute atomic E-state index is 0.0201. The van der Waals surface area contributed by atoms with Crippen molar-refractivity contribution < 1.29 is 23.9 Å². The van der Waals surface area contributed by atoms with Gasteiger partial charge in [0.25, 0.3) is 5.69 Å². The second-order valence-electron chi connectivity index (χ2n) is 7.51. The van der Waals surface area contributed by atoms with Crippen LogP contribution >= 0.6 is 31.9 Å². The molecule has 0 radical (unpaired) electrons. The van der Waals surface area contributed by atoms with Crippen LogP contribution in [0.4, 0.5) is 5.69 Å². The number of aryl methyl sites for hydroxylation is 1. The third-order valence-corrected chi connectivity index (χ3v) is 6.51. The van der Waals surface area contributed by atoms with Crippen LogP contribution in [0.2, 0.25) is 0 Å². The maximum absolute atomic E-state index is 12.4. The number of nitro benzene ring substituents is 1. The van der Waals surface area contributed by atoms with Crippen molar-refractivity contribution in [2.75, 3.05) is 7.11 Å². The van der Waals surface area contributed by atoms with Crippen molar-refractivity contribution in [1.82, 2.24) is 0 Å². The Hall–Kier alpha value is -3.50. The van der Waals surface area contributed by atoms with Gasteiger partial charge in [-0.1, -0.05) is 34.1 Å². The van der Waals surface area contributed by atoms with Crippen molar-refractivity contribution in [2.24, 2.45) is 4.99 Å². The second kappa shape index (κ2) is 10.4. The highest BCUT2D eigenvalue weighted by Crippen LogP contribution is 2.38.